The predicted molar refractivity (Wildman–Crippen MR) is 86.1 cm³/mol. The van der Waals surface area contributed by atoms with Crippen molar-refractivity contribution in [3.05, 3.63) is 41.2 Å². The molecule has 1 heterocycles. The lowest BCUT2D eigenvalue weighted by Crippen LogP contribution is -2.33. The zero-order valence-electron chi connectivity index (χ0n) is 13.6. The maximum atomic E-state index is 12.3. The summed E-state index contributed by atoms with van der Waals surface area (Å²) >= 11 is 0. The van der Waals surface area contributed by atoms with Crippen molar-refractivity contribution in [3.63, 3.8) is 0 Å². The Morgan fingerprint density at radius 1 is 1.22 bits per heavy atom. The molecule has 6 heteroatoms. The number of aromatic hydroxyl groups is 1. The van der Waals surface area contributed by atoms with Crippen molar-refractivity contribution in [2.75, 3.05) is 27.2 Å². The van der Waals surface area contributed by atoms with Crippen LogP contribution >= 0.6 is 0 Å². The van der Waals surface area contributed by atoms with Crippen molar-refractivity contribution in [1.82, 2.24) is 9.80 Å². The Morgan fingerprint density at radius 2 is 1.83 bits per heavy atom. The van der Waals surface area contributed by atoms with Gasteiger partial charge in [0, 0.05) is 6.54 Å². The van der Waals surface area contributed by atoms with E-state index in [9.17, 15) is 19.8 Å². The molecule has 0 aromatic heterocycles. The molecule has 6 nitrogen and oxygen atoms in total. The van der Waals surface area contributed by atoms with Gasteiger partial charge in [0.2, 0.25) is 0 Å². The van der Waals surface area contributed by atoms with Crippen LogP contribution in [0, 0.1) is 0 Å². The molecule has 0 saturated heterocycles. The summed E-state index contributed by atoms with van der Waals surface area (Å²) in [6, 6.07) is 5.72. The number of benzene rings is 1. The van der Waals surface area contributed by atoms with Crippen LogP contribution in [0.5, 0.6) is 5.75 Å². The highest BCUT2D eigenvalue weighted by Crippen LogP contribution is 2.38. The van der Waals surface area contributed by atoms with E-state index in [4.69, 9.17) is 0 Å². The summed E-state index contributed by atoms with van der Waals surface area (Å²) in [6.07, 6.45) is 0.728. The molecule has 1 amide bonds. The number of carbonyl (C=O) groups is 2. The van der Waals surface area contributed by atoms with Gasteiger partial charge >= 0.3 is 0 Å². The molecule has 1 aliphatic rings. The number of carbonyl (C=O) groups excluding carboxylic acids is 2. The minimum Gasteiger partial charge on any atom is -0.508 e. The van der Waals surface area contributed by atoms with Crippen molar-refractivity contribution in [2.45, 2.75) is 19.4 Å². The first kappa shape index (κ1) is 17.0. The molecule has 0 bridgehead atoms. The van der Waals surface area contributed by atoms with E-state index in [-0.39, 0.29) is 17.1 Å². The Morgan fingerprint density at radius 3 is 2.35 bits per heavy atom. The van der Waals surface area contributed by atoms with Crippen LogP contribution in [0.15, 0.2) is 35.6 Å². The number of Topliss-reactive ketones (excluding diaryl/α,β-unsaturated/α-hetero) is 1. The zero-order valence-corrected chi connectivity index (χ0v) is 13.6. The molecule has 2 N–H and O–H groups in total. The Hall–Kier alpha value is -2.34. The van der Waals surface area contributed by atoms with Gasteiger partial charge in [-0.15, -0.1) is 0 Å². The molecule has 1 aromatic carbocycles. The first-order chi connectivity index (χ1) is 10.8. The van der Waals surface area contributed by atoms with Gasteiger partial charge < -0.3 is 20.0 Å². The fourth-order valence-electron chi connectivity index (χ4n) is 2.80. The van der Waals surface area contributed by atoms with Gasteiger partial charge in [-0.25, -0.2) is 0 Å². The summed E-state index contributed by atoms with van der Waals surface area (Å²) in [6.45, 7) is 2.57. The number of nitrogens with zero attached hydrogens (tertiary/aromatic N) is 2. The fourth-order valence-corrected chi connectivity index (χ4v) is 2.80. The predicted octanol–water partition coefficient (Wildman–Crippen LogP) is 1.63. The molecule has 2 rings (SSSR count). The van der Waals surface area contributed by atoms with Gasteiger partial charge in [-0.2, -0.15) is 0 Å². The first-order valence-corrected chi connectivity index (χ1v) is 7.51. The normalized spacial score (nSPS) is 18.2. The Kier molecular flexibility index (Phi) is 5.05. The van der Waals surface area contributed by atoms with Crippen LogP contribution < -0.4 is 0 Å². The topological polar surface area (TPSA) is 81.1 Å². The fraction of sp³-hybridized carbons (Fsp3) is 0.412. The lowest BCUT2D eigenvalue weighted by Gasteiger charge is -2.27. The second-order valence-corrected chi connectivity index (χ2v) is 5.97. The van der Waals surface area contributed by atoms with Crippen LogP contribution in [0.3, 0.4) is 0 Å². The Balaban J connectivity index is 2.34. The number of amides is 1. The summed E-state index contributed by atoms with van der Waals surface area (Å²) in [5.74, 6) is -1.22. The van der Waals surface area contributed by atoms with Gasteiger partial charge in [0.05, 0.1) is 11.6 Å². The SMILES string of the molecule is CC(=O)C1=C(O)C(=O)N(CCCN(C)C)[C@H]1c1ccc(O)cc1. The first-order valence-electron chi connectivity index (χ1n) is 7.51. The molecule has 23 heavy (non-hydrogen) atoms. The summed E-state index contributed by atoms with van der Waals surface area (Å²) in [7, 11) is 3.89. The molecule has 124 valence electrons. The second kappa shape index (κ2) is 6.83. The summed E-state index contributed by atoms with van der Waals surface area (Å²) in [5.41, 5.74) is 0.806. The van der Waals surface area contributed by atoms with Gasteiger partial charge in [0.25, 0.3) is 5.91 Å². The summed E-state index contributed by atoms with van der Waals surface area (Å²) < 4.78 is 0. The molecular weight excluding hydrogens is 296 g/mol. The van der Waals surface area contributed by atoms with Crippen LogP contribution in [0.25, 0.3) is 0 Å². The number of aliphatic hydroxyl groups excluding tert-OH is 1. The Labute approximate surface area is 135 Å². The van der Waals surface area contributed by atoms with Crippen LogP contribution in [0.2, 0.25) is 0 Å². The number of hydrogen-bond donors (Lipinski definition) is 2. The van der Waals surface area contributed by atoms with Crippen molar-refractivity contribution >= 4 is 11.7 Å². The number of hydrogen-bond acceptors (Lipinski definition) is 5. The maximum Gasteiger partial charge on any atom is 0.290 e. The average Bonchev–Trinajstić information content (AvgIpc) is 2.72. The average molecular weight is 318 g/mol. The molecule has 0 saturated carbocycles. The molecule has 1 aliphatic heterocycles. The zero-order chi connectivity index (χ0) is 17.1. The summed E-state index contributed by atoms with van der Waals surface area (Å²) in [4.78, 5) is 27.8. The summed E-state index contributed by atoms with van der Waals surface area (Å²) in [5, 5.41) is 19.5. The largest absolute Gasteiger partial charge is 0.508 e. The number of ketones is 1. The highest BCUT2D eigenvalue weighted by Gasteiger charge is 2.41. The van der Waals surface area contributed by atoms with E-state index in [1.54, 1.807) is 12.1 Å². The van der Waals surface area contributed by atoms with E-state index in [0.29, 0.717) is 12.1 Å². The maximum absolute atomic E-state index is 12.3. The van der Waals surface area contributed by atoms with Crippen LogP contribution in [0.4, 0.5) is 0 Å². The van der Waals surface area contributed by atoms with Crippen molar-refractivity contribution < 1.29 is 19.8 Å². The molecule has 1 atom stereocenters. The third kappa shape index (κ3) is 3.53. The Bertz CT molecular complexity index is 634. The third-order valence-corrected chi connectivity index (χ3v) is 3.90. The van der Waals surface area contributed by atoms with Crippen molar-refractivity contribution in [2.24, 2.45) is 0 Å². The number of aliphatic hydroxyl groups is 1. The van der Waals surface area contributed by atoms with Gasteiger partial charge in [0.1, 0.15) is 5.75 Å². The van der Waals surface area contributed by atoms with Crippen molar-refractivity contribution in [3.8, 4) is 5.75 Å². The van der Waals surface area contributed by atoms with E-state index in [2.05, 4.69) is 0 Å². The van der Waals surface area contributed by atoms with Crippen LogP contribution in [-0.2, 0) is 9.59 Å². The van der Waals surface area contributed by atoms with E-state index in [0.717, 1.165) is 13.0 Å². The molecule has 1 aromatic rings. The smallest absolute Gasteiger partial charge is 0.290 e. The molecular formula is C17H22N2O4. The highest BCUT2D eigenvalue weighted by atomic mass is 16.3. The minimum atomic E-state index is -0.609. The van der Waals surface area contributed by atoms with E-state index in [1.807, 2.05) is 19.0 Å². The van der Waals surface area contributed by atoms with E-state index in [1.165, 1.54) is 24.0 Å². The third-order valence-electron chi connectivity index (χ3n) is 3.90. The van der Waals surface area contributed by atoms with Gasteiger partial charge in [-0.1, -0.05) is 12.1 Å². The lowest BCUT2D eigenvalue weighted by atomic mass is 9.96. The number of rotatable bonds is 6. The highest BCUT2D eigenvalue weighted by molar-refractivity contribution is 6.08. The quantitative estimate of drug-likeness (QED) is 0.833. The molecule has 0 unspecified atom stereocenters. The molecule has 0 aliphatic carbocycles. The van der Waals surface area contributed by atoms with Gasteiger partial charge in [-0.3, -0.25) is 9.59 Å². The van der Waals surface area contributed by atoms with Crippen LogP contribution in [-0.4, -0.2) is 58.9 Å². The van der Waals surface area contributed by atoms with Gasteiger partial charge in [-0.05, 0) is 51.7 Å². The molecule has 0 radical (unpaired) electrons. The minimum absolute atomic E-state index is 0.106. The monoisotopic (exact) mass is 318 g/mol. The molecule has 0 spiro atoms. The van der Waals surface area contributed by atoms with Crippen molar-refractivity contribution in [1.29, 1.82) is 0 Å². The lowest BCUT2D eigenvalue weighted by molar-refractivity contribution is -0.129. The van der Waals surface area contributed by atoms with E-state index < -0.39 is 17.7 Å². The number of phenolic OH excluding ortho intramolecular Hbond substituents is 1. The van der Waals surface area contributed by atoms with Gasteiger partial charge in [0.15, 0.2) is 11.5 Å². The number of phenols is 1. The second-order valence-electron chi connectivity index (χ2n) is 5.97. The van der Waals surface area contributed by atoms with E-state index >= 15 is 0 Å². The standard InChI is InChI=1S/C17H22N2O4/c1-11(20)14-15(12-5-7-13(21)8-6-12)19(17(23)16(14)22)10-4-9-18(2)3/h5-8,15,21-22H,4,9-10H2,1-3H3/t15-/m0/s1. The molecule has 0 fully saturated rings. The van der Waals surface area contributed by atoms with Crippen LogP contribution in [0.1, 0.15) is 24.9 Å².